The summed E-state index contributed by atoms with van der Waals surface area (Å²) in [6, 6.07) is 5.54. The van der Waals surface area contributed by atoms with Crippen LogP contribution in [0.2, 0.25) is 5.02 Å². The van der Waals surface area contributed by atoms with Gasteiger partial charge < -0.3 is 4.42 Å². The van der Waals surface area contributed by atoms with Crippen molar-refractivity contribution in [3.8, 4) is 0 Å². The first-order chi connectivity index (χ1) is 12.6. The van der Waals surface area contributed by atoms with Crippen LogP contribution in [0.1, 0.15) is 17.5 Å². The van der Waals surface area contributed by atoms with Gasteiger partial charge in [-0.05, 0) is 30.3 Å². The lowest BCUT2D eigenvalue weighted by Crippen LogP contribution is -2.33. The van der Waals surface area contributed by atoms with E-state index in [2.05, 4.69) is 15.3 Å². The van der Waals surface area contributed by atoms with Gasteiger partial charge in [-0.2, -0.15) is 0 Å². The molecule has 0 unspecified atom stereocenters. The zero-order valence-corrected chi connectivity index (χ0v) is 14.1. The monoisotopic (exact) mass is 359 g/mol. The van der Waals surface area contributed by atoms with Gasteiger partial charge in [-0.25, -0.2) is 15.5 Å². The first-order valence-corrected chi connectivity index (χ1v) is 7.94. The average molecular weight is 360 g/mol. The van der Waals surface area contributed by atoms with Crippen LogP contribution < -0.4 is 5.48 Å². The van der Waals surface area contributed by atoms with Crippen LogP contribution in [-0.2, 0) is 11.4 Å². The molecule has 1 amide bonds. The predicted octanol–water partition coefficient (Wildman–Crippen LogP) is 2.85. The molecular weight excluding hydrogens is 344 g/mol. The van der Waals surface area contributed by atoms with E-state index in [1.54, 1.807) is 18.4 Å². The SMILES string of the molecule is [2H]C1=C2N=CC=CN2N(Cc2cc3cc(Cl)cc(C(=O)NOC)c3o2)C1. The molecule has 0 aliphatic carbocycles. The smallest absolute Gasteiger partial charge is 0.278 e. The van der Waals surface area contributed by atoms with Gasteiger partial charge in [-0.15, -0.1) is 0 Å². The number of benzene rings is 1. The van der Waals surface area contributed by atoms with Crippen molar-refractivity contribution in [1.82, 2.24) is 15.5 Å². The van der Waals surface area contributed by atoms with Crippen molar-refractivity contribution in [1.29, 1.82) is 0 Å². The summed E-state index contributed by atoms with van der Waals surface area (Å²) >= 11 is 6.12. The van der Waals surface area contributed by atoms with Gasteiger partial charge in [0.2, 0.25) is 0 Å². The van der Waals surface area contributed by atoms with E-state index in [1.807, 2.05) is 22.3 Å². The number of hydrazine groups is 1. The fourth-order valence-corrected chi connectivity index (χ4v) is 3.06. The summed E-state index contributed by atoms with van der Waals surface area (Å²) in [6.45, 7) is 0.842. The molecule has 0 saturated heterocycles. The Morgan fingerprint density at radius 3 is 3.24 bits per heavy atom. The third kappa shape index (κ3) is 2.93. The van der Waals surface area contributed by atoms with E-state index in [0.717, 1.165) is 5.39 Å². The second-order valence-electron chi connectivity index (χ2n) is 5.51. The number of hydroxylamine groups is 1. The molecule has 3 heterocycles. The third-order valence-electron chi connectivity index (χ3n) is 3.86. The number of allylic oxidation sites excluding steroid dienone is 1. The minimum absolute atomic E-state index is 0.296. The lowest BCUT2D eigenvalue weighted by atomic mass is 10.1. The number of carbonyl (C=O) groups is 1. The fraction of sp³-hybridized carbons (Fsp3) is 0.176. The van der Waals surface area contributed by atoms with E-state index in [-0.39, 0.29) is 0 Å². The Balaban J connectivity index is 1.64. The van der Waals surface area contributed by atoms with Crippen LogP contribution in [0.4, 0.5) is 0 Å². The number of nitrogens with one attached hydrogen (secondary N) is 1. The molecule has 128 valence electrons. The van der Waals surface area contributed by atoms with E-state index in [4.69, 9.17) is 17.4 Å². The highest BCUT2D eigenvalue weighted by atomic mass is 35.5. The van der Waals surface area contributed by atoms with Crippen molar-refractivity contribution in [2.75, 3.05) is 13.7 Å². The Bertz CT molecular complexity index is 982. The number of aliphatic imine (C=N–C) groups is 1. The number of amides is 1. The van der Waals surface area contributed by atoms with Gasteiger partial charge in [0.15, 0.2) is 0 Å². The van der Waals surface area contributed by atoms with E-state index >= 15 is 0 Å². The van der Waals surface area contributed by atoms with Crippen LogP contribution >= 0.6 is 11.6 Å². The molecule has 1 N–H and O–H groups in total. The largest absolute Gasteiger partial charge is 0.459 e. The first-order valence-electron chi connectivity index (χ1n) is 8.07. The number of fused-ring (bicyclic) bond motifs is 2. The Labute approximate surface area is 150 Å². The molecule has 7 nitrogen and oxygen atoms in total. The molecule has 4 rings (SSSR count). The third-order valence-corrected chi connectivity index (χ3v) is 4.08. The molecule has 1 aromatic carbocycles. The molecular formula is C17H15ClN4O3. The summed E-state index contributed by atoms with van der Waals surface area (Å²) in [5.41, 5.74) is 3.00. The summed E-state index contributed by atoms with van der Waals surface area (Å²) in [6.07, 6.45) is 5.31. The molecule has 0 radical (unpaired) electrons. The van der Waals surface area contributed by atoms with E-state index in [9.17, 15) is 4.79 Å². The number of hydrogen-bond donors (Lipinski definition) is 1. The molecule has 1 aromatic heterocycles. The maximum Gasteiger partial charge on any atom is 0.278 e. The molecule has 0 saturated carbocycles. The minimum atomic E-state index is -0.437. The zero-order chi connectivity index (χ0) is 18.3. The summed E-state index contributed by atoms with van der Waals surface area (Å²) in [5.74, 6) is 0.810. The van der Waals surface area contributed by atoms with Crippen molar-refractivity contribution in [3.05, 3.63) is 58.7 Å². The van der Waals surface area contributed by atoms with E-state index in [0.29, 0.717) is 46.9 Å². The Morgan fingerprint density at radius 2 is 2.40 bits per heavy atom. The average Bonchev–Trinajstić information content (AvgIpc) is 3.16. The molecule has 0 atom stereocenters. The number of hydrogen-bond acceptors (Lipinski definition) is 6. The van der Waals surface area contributed by atoms with Gasteiger partial charge in [-0.1, -0.05) is 11.6 Å². The Kier molecular flexibility index (Phi) is 3.74. The van der Waals surface area contributed by atoms with Crippen LogP contribution in [0.3, 0.4) is 0 Å². The standard InChI is InChI=1S/C17H15ClN4O3/c1-24-20-17(23)14-9-12(18)7-11-8-13(25-16(11)14)10-21-6-3-15-19-4-2-5-22(15)21/h2-5,7-9H,6,10H2,1H3,(H,20,23)/i3D. The number of furan rings is 1. The van der Waals surface area contributed by atoms with Gasteiger partial charge in [0, 0.05) is 29.4 Å². The Hall–Kier alpha value is -2.61. The molecule has 25 heavy (non-hydrogen) atoms. The first kappa shape index (κ1) is 14.7. The van der Waals surface area contributed by atoms with Crippen LogP contribution in [0, 0.1) is 0 Å². The summed E-state index contributed by atoms with van der Waals surface area (Å²) in [5, 5.41) is 4.90. The van der Waals surface area contributed by atoms with Gasteiger partial charge in [-0.3, -0.25) is 14.6 Å². The van der Waals surface area contributed by atoms with Crippen LogP contribution in [0.15, 0.2) is 51.8 Å². The number of halogens is 1. The van der Waals surface area contributed by atoms with Gasteiger partial charge in [0.25, 0.3) is 5.91 Å². The molecule has 2 aliphatic heterocycles. The zero-order valence-electron chi connectivity index (χ0n) is 14.3. The quantitative estimate of drug-likeness (QED) is 0.850. The highest BCUT2D eigenvalue weighted by Gasteiger charge is 2.24. The molecule has 2 aliphatic rings. The normalized spacial score (nSPS) is 17.4. The summed E-state index contributed by atoms with van der Waals surface area (Å²) in [4.78, 5) is 21.1. The maximum atomic E-state index is 12.2. The van der Waals surface area contributed by atoms with Gasteiger partial charge >= 0.3 is 0 Å². The van der Waals surface area contributed by atoms with E-state index < -0.39 is 5.91 Å². The summed E-state index contributed by atoms with van der Waals surface area (Å²) in [7, 11) is 1.36. The van der Waals surface area contributed by atoms with E-state index in [1.165, 1.54) is 13.2 Å². The highest BCUT2D eigenvalue weighted by Crippen LogP contribution is 2.29. The van der Waals surface area contributed by atoms with Crippen molar-refractivity contribution in [2.24, 2.45) is 4.99 Å². The predicted molar refractivity (Wildman–Crippen MR) is 93.7 cm³/mol. The summed E-state index contributed by atoms with van der Waals surface area (Å²) < 4.78 is 14.0. The van der Waals surface area contributed by atoms with Gasteiger partial charge in [0.05, 0.1) is 20.6 Å². The van der Waals surface area contributed by atoms with Gasteiger partial charge in [0.1, 0.15) is 17.2 Å². The van der Waals surface area contributed by atoms with Crippen LogP contribution in [-0.4, -0.2) is 35.8 Å². The second-order valence-corrected chi connectivity index (χ2v) is 5.94. The maximum absolute atomic E-state index is 12.2. The van der Waals surface area contributed by atoms with Crippen molar-refractivity contribution in [2.45, 2.75) is 6.54 Å². The topological polar surface area (TPSA) is 70.3 Å². The molecule has 0 spiro atoms. The van der Waals surface area contributed by atoms with Crippen LogP contribution in [0.5, 0.6) is 0 Å². The molecule has 0 fully saturated rings. The number of carbonyl (C=O) groups excluding carboxylic acids is 1. The minimum Gasteiger partial charge on any atom is -0.459 e. The Morgan fingerprint density at radius 1 is 1.52 bits per heavy atom. The molecule has 8 heteroatoms. The molecule has 0 bridgehead atoms. The molecule has 2 aromatic rings. The number of nitrogens with zero attached hydrogens (tertiary/aromatic N) is 3. The van der Waals surface area contributed by atoms with Crippen molar-refractivity contribution >= 4 is 34.7 Å². The van der Waals surface area contributed by atoms with Crippen molar-refractivity contribution < 1.29 is 15.4 Å². The number of rotatable bonds is 4. The lowest BCUT2D eigenvalue weighted by molar-refractivity contribution is 0.0538. The van der Waals surface area contributed by atoms with Crippen molar-refractivity contribution in [3.63, 3.8) is 0 Å². The van der Waals surface area contributed by atoms with Crippen LogP contribution in [0.25, 0.3) is 11.0 Å². The highest BCUT2D eigenvalue weighted by molar-refractivity contribution is 6.32. The fourth-order valence-electron chi connectivity index (χ4n) is 2.83. The lowest BCUT2D eigenvalue weighted by Gasteiger charge is -2.27. The second kappa shape index (κ2) is 6.36.